The van der Waals surface area contributed by atoms with Crippen LogP contribution < -0.4 is 5.73 Å². The van der Waals surface area contributed by atoms with Crippen LogP contribution >= 0.6 is 0 Å². The summed E-state index contributed by atoms with van der Waals surface area (Å²) in [6, 6.07) is 9.29. The zero-order valence-corrected chi connectivity index (χ0v) is 16.5. The van der Waals surface area contributed by atoms with Crippen molar-refractivity contribution in [2.24, 2.45) is 11.8 Å². The predicted molar refractivity (Wildman–Crippen MR) is 106 cm³/mol. The van der Waals surface area contributed by atoms with Crippen LogP contribution in [0, 0.1) is 17.7 Å². The minimum atomic E-state index is -0.331. The molecule has 0 bridgehead atoms. The van der Waals surface area contributed by atoms with E-state index in [1.54, 1.807) is 42.1 Å². The van der Waals surface area contributed by atoms with Crippen LogP contribution in [0.4, 0.5) is 15.0 Å². The van der Waals surface area contributed by atoms with E-state index >= 15 is 0 Å². The van der Waals surface area contributed by atoms with Crippen molar-refractivity contribution in [3.8, 4) is 0 Å². The first-order valence-electron chi connectivity index (χ1n) is 9.59. The molecule has 2 aliphatic rings. The number of benzene rings is 1. The number of likely N-dealkylation sites (tertiary alicyclic amines) is 2. The van der Waals surface area contributed by atoms with Crippen molar-refractivity contribution >= 4 is 17.8 Å². The standard InChI is InChI=1S/C21H24FN5O2/c1-25(2)21(29)27-11-15-10-26(20(28)14-6-7-18(23)24-9-14)12-17(15)19(27)13-4-3-5-16(22)8-13/h3-9,15,17,19H,10-12H2,1-2H3,(H2,23,24)/t15-,17-,19+/m1/s1. The van der Waals surface area contributed by atoms with E-state index in [4.69, 9.17) is 5.73 Å². The van der Waals surface area contributed by atoms with Gasteiger partial charge in [-0.25, -0.2) is 14.2 Å². The Hall–Kier alpha value is -3.16. The van der Waals surface area contributed by atoms with Gasteiger partial charge in [0.2, 0.25) is 0 Å². The Balaban J connectivity index is 1.61. The molecule has 0 unspecified atom stereocenters. The lowest BCUT2D eigenvalue weighted by molar-refractivity contribution is 0.0766. The number of fused-ring (bicyclic) bond motifs is 1. The highest BCUT2D eigenvalue weighted by Crippen LogP contribution is 2.45. The number of amides is 3. The van der Waals surface area contributed by atoms with E-state index in [9.17, 15) is 14.0 Å². The van der Waals surface area contributed by atoms with Gasteiger partial charge in [0, 0.05) is 51.8 Å². The molecule has 3 heterocycles. The summed E-state index contributed by atoms with van der Waals surface area (Å²) >= 11 is 0. The van der Waals surface area contributed by atoms with Crippen LogP contribution in [0.25, 0.3) is 0 Å². The molecule has 0 saturated carbocycles. The summed E-state index contributed by atoms with van der Waals surface area (Å²) in [6.45, 7) is 1.59. The molecule has 2 fully saturated rings. The summed E-state index contributed by atoms with van der Waals surface area (Å²) in [4.78, 5) is 34.8. The Bertz CT molecular complexity index is 933. The van der Waals surface area contributed by atoms with Gasteiger partial charge < -0.3 is 20.4 Å². The number of rotatable bonds is 2. The van der Waals surface area contributed by atoms with Gasteiger partial charge in [-0.2, -0.15) is 0 Å². The first-order chi connectivity index (χ1) is 13.8. The van der Waals surface area contributed by atoms with Crippen molar-refractivity contribution in [1.29, 1.82) is 0 Å². The summed E-state index contributed by atoms with van der Waals surface area (Å²) in [5, 5.41) is 0. The number of carbonyl (C=O) groups excluding carboxylic acids is 2. The molecule has 3 amide bonds. The SMILES string of the molecule is CN(C)C(=O)N1C[C@H]2CN(C(=O)c3ccc(N)nc3)C[C@H]2[C@@H]1c1cccc(F)c1. The van der Waals surface area contributed by atoms with Crippen LogP contribution in [0.5, 0.6) is 0 Å². The molecule has 0 radical (unpaired) electrons. The summed E-state index contributed by atoms with van der Waals surface area (Å²) in [5.74, 6) is 0.116. The highest BCUT2D eigenvalue weighted by Gasteiger charge is 2.50. The number of anilines is 1. The average molecular weight is 397 g/mol. The first-order valence-corrected chi connectivity index (χ1v) is 9.59. The van der Waals surface area contributed by atoms with Crippen LogP contribution in [0.3, 0.4) is 0 Å². The molecule has 3 atom stereocenters. The third-order valence-electron chi connectivity index (χ3n) is 5.80. The fourth-order valence-corrected chi connectivity index (χ4v) is 4.50. The van der Waals surface area contributed by atoms with Gasteiger partial charge in [0.05, 0.1) is 11.6 Å². The molecule has 8 heteroatoms. The number of halogens is 1. The minimum absolute atomic E-state index is 0.0476. The van der Waals surface area contributed by atoms with E-state index < -0.39 is 0 Å². The lowest BCUT2D eigenvalue weighted by Crippen LogP contribution is -2.42. The van der Waals surface area contributed by atoms with Gasteiger partial charge in [-0.05, 0) is 29.8 Å². The van der Waals surface area contributed by atoms with Crippen LogP contribution in [0.1, 0.15) is 22.0 Å². The second-order valence-corrected chi connectivity index (χ2v) is 7.94. The number of pyridine rings is 1. The Labute approximate surface area is 168 Å². The van der Waals surface area contributed by atoms with Gasteiger partial charge in [-0.1, -0.05) is 12.1 Å². The zero-order valence-electron chi connectivity index (χ0n) is 16.5. The number of hydrogen-bond acceptors (Lipinski definition) is 4. The number of nitrogens with zero attached hydrogens (tertiary/aromatic N) is 4. The number of nitrogens with two attached hydrogens (primary N) is 1. The molecule has 152 valence electrons. The summed E-state index contributed by atoms with van der Waals surface area (Å²) < 4.78 is 13.9. The van der Waals surface area contributed by atoms with E-state index in [0.717, 1.165) is 5.56 Å². The molecule has 7 nitrogen and oxygen atoms in total. The molecular weight excluding hydrogens is 373 g/mol. The predicted octanol–water partition coefficient (Wildman–Crippen LogP) is 2.23. The maximum absolute atomic E-state index is 13.9. The average Bonchev–Trinajstić information content (AvgIpc) is 3.25. The normalized spacial score (nSPS) is 23.2. The molecule has 2 saturated heterocycles. The molecule has 4 rings (SSSR count). The minimum Gasteiger partial charge on any atom is -0.384 e. The van der Waals surface area contributed by atoms with Gasteiger partial charge in [0.1, 0.15) is 11.6 Å². The maximum Gasteiger partial charge on any atom is 0.320 e. The molecule has 1 aromatic carbocycles. The molecular formula is C21H24FN5O2. The smallest absolute Gasteiger partial charge is 0.320 e. The van der Waals surface area contributed by atoms with Crippen LogP contribution in [-0.2, 0) is 0 Å². The number of nitrogen functional groups attached to an aromatic ring is 1. The van der Waals surface area contributed by atoms with Crippen molar-refractivity contribution in [2.45, 2.75) is 6.04 Å². The highest BCUT2D eigenvalue weighted by atomic mass is 19.1. The van der Waals surface area contributed by atoms with Crippen molar-refractivity contribution in [1.82, 2.24) is 19.7 Å². The molecule has 0 aliphatic carbocycles. The van der Waals surface area contributed by atoms with Crippen molar-refractivity contribution < 1.29 is 14.0 Å². The molecule has 2 aromatic rings. The van der Waals surface area contributed by atoms with Gasteiger partial charge in [0.15, 0.2) is 0 Å². The molecule has 2 N–H and O–H groups in total. The Morgan fingerprint density at radius 3 is 2.62 bits per heavy atom. The highest BCUT2D eigenvalue weighted by molar-refractivity contribution is 5.94. The van der Waals surface area contributed by atoms with E-state index in [2.05, 4.69) is 4.98 Å². The second-order valence-electron chi connectivity index (χ2n) is 7.94. The topological polar surface area (TPSA) is 82.8 Å². The number of aromatic nitrogens is 1. The molecule has 1 aromatic heterocycles. The van der Waals surface area contributed by atoms with Crippen molar-refractivity contribution in [3.05, 3.63) is 59.5 Å². The monoisotopic (exact) mass is 397 g/mol. The van der Waals surface area contributed by atoms with Gasteiger partial charge in [0.25, 0.3) is 5.91 Å². The number of carbonyl (C=O) groups is 2. The fourth-order valence-electron chi connectivity index (χ4n) is 4.50. The van der Waals surface area contributed by atoms with E-state index in [0.29, 0.717) is 31.0 Å². The lowest BCUT2D eigenvalue weighted by atomic mass is 9.89. The molecule has 0 spiro atoms. The maximum atomic E-state index is 13.9. The van der Waals surface area contributed by atoms with Crippen molar-refractivity contribution in [2.75, 3.05) is 39.5 Å². The third-order valence-corrected chi connectivity index (χ3v) is 5.80. The Morgan fingerprint density at radius 2 is 1.97 bits per heavy atom. The van der Waals surface area contributed by atoms with Crippen LogP contribution in [0.15, 0.2) is 42.6 Å². The quantitative estimate of drug-likeness (QED) is 0.842. The van der Waals surface area contributed by atoms with E-state index in [1.807, 2.05) is 6.07 Å². The Morgan fingerprint density at radius 1 is 1.17 bits per heavy atom. The van der Waals surface area contributed by atoms with Gasteiger partial charge in [-0.15, -0.1) is 0 Å². The van der Waals surface area contributed by atoms with Crippen molar-refractivity contribution in [3.63, 3.8) is 0 Å². The summed E-state index contributed by atoms with van der Waals surface area (Å²) in [6.07, 6.45) is 1.48. The van der Waals surface area contributed by atoms with Crippen LogP contribution in [0.2, 0.25) is 0 Å². The molecule has 2 aliphatic heterocycles. The fraction of sp³-hybridized carbons (Fsp3) is 0.381. The third kappa shape index (κ3) is 3.50. The Kier molecular flexibility index (Phi) is 4.86. The second kappa shape index (κ2) is 7.35. The number of urea groups is 1. The van der Waals surface area contributed by atoms with E-state index in [-0.39, 0.29) is 35.6 Å². The summed E-state index contributed by atoms with van der Waals surface area (Å²) in [7, 11) is 3.42. The zero-order chi connectivity index (χ0) is 20.7. The summed E-state index contributed by atoms with van der Waals surface area (Å²) in [5.41, 5.74) is 6.86. The van der Waals surface area contributed by atoms with E-state index in [1.165, 1.54) is 23.2 Å². The number of hydrogen-bond donors (Lipinski definition) is 1. The van der Waals surface area contributed by atoms with Gasteiger partial charge >= 0.3 is 6.03 Å². The van der Waals surface area contributed by atoms with Gasteiger partial charge in [-0.3, -0.25) is 4.79 Å². The van der Waals surface area contributed by atoms with Crippen LogP contribution in [-0.4, -0.2) is 65.4 Å². The largest absolute Gasteiger partial charge is 0.384 e. The molecule has 29 heavy (non-hydrogen) atoms. The lowest BCUT2D eigenvalue weighted by Gasteiger charge is -2.32. The first kappa shape index (κ1) is 19.2.